The van der Waals surface area contributed by atoms with Crippen molar-refractivity contribution in [2.24, 2.45) is 5.73 Å². The van der Waals surface area contributed by atoms with E-state index in [-0.39, 0.29) is 31.6 Å². The van der Waals surface area contributed by atoms with Gasteiger partial charge in [0, 0.05) is 19.4 Å². The normalized spacial score (nSPS) is 13.0. The number of nitrogens with two attached hydrogens (primary N) is 1. The minimum Gasteiger partial charge on any atom is -0.480 e. The minimum atomic E-state index is -1.25. The maximum atomic E-state index is 11.5. The Kier molecular flexibility index (Phi) is 8.70. The Labute approximate surface area is 121 Å². The number of carbonyl (C=O) groups excluding carboxylic acids is 2. The SMILES string of the molecule is CCNC(=O)CC[C@H](NC(=O)CC[C@H](N)C(=O)O)C(=O)O. The largest absolute Gasteiger partial charge is 0.480 e. The zero-order chi connectivity index (χ0) is 16.4. The molecule has 0 rings (SSSR count). The van der Waals surface area contributed by atoms with Gasteiger partial charge in [-0.05, 0) is 19.8 Å². The molecular formula is C12H21N3O6. The van der Waals surface area contributed by atoms with Gasteiger partial charge in [-0.3, -0.25) is 14.4 Å². The van der Waals surface area contributed by atoms with E-state index >= 15 is 0 Å². The fourth-order valence-electron chi connectivity index (χ4n) is 1.49. The molecule has 0 unspecified atom stereocenters. The maximum Gasteiger partial charge on any atom is 0.326 e. The van der Waals surface area contributed by atoms with Gasteiger partial charge in [0.25, 0.3) is 0 Å². The molecule has 2 amide bonds. The first-order valence-corrected chi connectivity index (χ1v) is 6.55. The van der Waals surface area contributed by atoms with Crippen LogP contribution < -0.4 is 16.4 Å². The van der Waals surface area contributed by atoms with Crippen LogP contribution in [0.1, 0.15) is 32.6 Å². The fourth-order valence-corrected chi connectivity index (χ4v) is 1.49. The second kappa shape index (κ2) is 9.70. The van der Waals surface area contributed by atoms with Gasteiger partial charge in [0.15, 0.2) is 0 Å². The second-order valence-corrected chi connectivity index (χ2v) is 4.43. The lowest BCUT2D eigenvalue weighted by Gasteiger charge is -2.14. The topological polar surface area (TPSA) is 159 Å². The minimum absolute atomic E-state index is 0.0280. The van der Waals surface area contributed by atoms with Gasteiger partial charge >= 0.3 is 11.9 Å². The Hall–Kier alpha value is -2.16. The van der Waals surface area contributed by atoms with Crippen LogP contribution in [0.5, 0.6) is 0 Å². The van der Waals surface area contributed by atoms with Gasteiger partial charge in [0.1, 0.15) is 12.1 Å². The van der Waals surface area contributed by atoms with Crippen LogP contribution in [0, 0.1) is 0 Å². The first-order valence-electron chi connectivity index (χ1n) is 6.55. The van der Waals surface area contributed by atoms with Crippen molar-refractivity contribution in [1.29, 1.82) is 0 Å². The number of carboxylic acid groups (broad SMARTS) is 2. The van der Waals surface area contributed by atoms with E-state index in [0.29, 0.717) is 6.54 Å². The molecule has 0 spiro atoms. The molecule has 2 atom stereocenters. The molecule has 0 saturated carbocycles. The predicted octanol–water partition coefficient (Wildman–Crippen LogP) is -1.34. The Morgan fingerprint density at radius 3 is 2.05 bits per heavy atom. The summed E-state index contributed by atoms with van der Waals surface area (Å²) < 4.78 is 0. The number of hydrogen-bond donors (Lipinski definition) is 5. The van der Waals surface area contributed by atoms with Gasteiger partial charge in [0.05, 0.1) is 0 Å². The number of rotatable bonds is 10. The highest BCUT2D eigenvalue weighted by molar-refractivity contribution is 5.85. The van der Waals surface area contributed by atoms with Crippen LogP contribution in [0.4, 0.5) is 0 Å². The van der Waals surface area contributed by atoms with E-state index in [1.165, 1.54) is 0 Å². The van der Waals surface area contributed by atoms with E-state index in [1.807, 2.05) is 0 Å². The lowest BCUT2D eigenvalue weighted by Crippen LogP contribution is -2.42. The maximum absolute atomic E-state index is 11.5. The summed E-state index contributed by atoms with van der Waals surface area (Å²) in [5.41, 5.74) is 5.24. The van der Waals surface area contributed by atoms with Crippen LogP contribution in [-0.4, -0.2) is 52.6 Å². The highest BCUT2D eigenvalue weighted by atomic mass is 16.4. The third kappa shape index (κ3) is 8.58. The third-order valence-electron chi connectivity index (χ3n) is 2.67. The standard InChI is InChI=1S/C12H21N3O6/c1-2-14-9(16)6-4-8(12(20)21)15-10(17)5-3-7(13)11(18)19/h7-8H,2-6,13H2,1H3,(H,14,16)(H,15,17)(H,18,19)(H,20,21)/t7-,8-/m0/s1. The summed E-state index contributed by atoms with van der Waals surface area (Å²) >= 11 is 0. The van der Waals surface area contributed by atoms with Crippen LogP contribution in [-0.2, 0) is 19.2 Å². The van der Waals surface area contributed by atoms with Crippen molar-refractivity contribution in [2.75, 3.05) is 6.54 Å². The molecule has 0 aromatic rings. The summed E-state index contributed by atoms with van der Waals surface area (Å²) in [6.45, 7) is 2.18. The van der Waals surface area contributed by atoms with Crippen molar-refractivity contribution in [3.63, 3.8) is 0 Å². The molecule has 0 radical (unpaired) electrons. The summed E-state index contributed by atoms with van der Waals surface area (Å²) in [5, 5.41) is 22.3. The summed E-state index contributed by atoms with van der Waals surface area (Å²) in [7, 11) is 0. The smallest absolute Gasteiger partial charge is 0.326 e. The van der Waals surface area contributed by atoms with Crippen LogP contribution in [0.3, 0.4) is 0 Å². The molecule has 0 aliphatic carbocycles. The summed E-state index contributed by atoms with van der Waals surface area (Å²) in [6, 6.07) is -2.37. The number of carboxylic acids is 2. The van der Waals surface area contributed by atoms with Crippen LogP contribution in [0.2, 0.25) is 0 Å². The van der Waals surface area contributed by atoms with E-state index in [1.54, 1.807) is 6.92 Å². The van der Waals surface area contributed by atoms with Crippen molar-refractivity contribution >= 4 is 23.8 Å². The highest BCUT2D eigenvalue weighted by Crippen LogP contribution is 2.01. The average Bonchev–Trinajstić information content (AvgIpc) is 2.40. The molecule has 0 heterocycles. The third-order valence-corrected chi connectivity index (χ3v) is 2.67. The van der Waals surface area contributed by atoms with Crippen molar-refractivity contribution in [3.05, 3.63) is 0 Å². The fraction of sp³-hybridized carbons (Fsp3) is 0.667. The van der Waals surface area contributed by atoms with Gasteiger partial charge in [-0.1, -0.05) is 0 Å². The molecular weight excluding hydrogens is 282 g/mol. The average molecular weight is 303 g/mol. The molecule has 0 aromatic carbocycles. The number of carbonyl (C=O) groups is 4. The van der Waals surface area contributed by atoms with Gasteiger partial charge in [-0.25, -0.2) is 4.79 Å². The monoisotopic (exact) mass is 303 g/mol. The van der Waals surface area contributed by atoms with Crippen LogP contribution >= 0.6 is 0 Å². The molecule has 0 aliphatic heterocycles. The van der Waals surface area contributed by atoms with E-state index in [2.05, 4.69) is 10.6 Å². The lowest BCUT2D eigenvalue weighted by atomic mass is 10.1. The van der Waals surface area contributed by atoms with Crippen molar-refractivity contribution in [3.8, 4) is 0 Å². The molecule has 0 aliphatic rings. The zero-order valence-electron chi connectivity index (χ0n) is 11.8. The van der Waals surface area contributed by atoms with Crippen molar-refractivity contribution < 1.29 is 29.4 Å². The second-order valence-electron chi connectivity index (χ2n) is 4.43. The summed E-state index contributed by atoms with van der Waals surface area (Å²) in [5.74, 6) is -3.40. The number of aliphatic carboxylic acids is 2. The Bertz CT molecular complexity index is 398. The first-order chi connectivity index (χ1) is 9.77. The van der Waals surface area contributed by atoms with E-state index < -0.39 is 29.9 Å². The molecule has 6 N–H and O–H groups in total. The molecule has 0 aromatic heterocycles. The quantitative estimate of drug-likeness (QED) is 0.334. The van der Waals surface area contributed by atoms with Crippen LogP contribution in [0.25, 0.3) is 0 Å². The van der Waals surface area contributed by atoms with E-state index in [0.717, 1.165) is 0 Å². The lowest BCUT2D eigenvalue weighted by molar-refractivity contribution is -0.142. The molecule has 120 valence electrons. The van der Waals surface area contributed by atoms with Gasteiger partial charge < -0.3 is 26.6 Å². The van der Waals surface area contributed by atoms with E-state index in [4.69, 9.17) is 15.9 Å². The first kappa shape index (κ1) is 18.8. The predicted molar refractivity (Wildman–Crippen MR) is 72.3 cm³/mol. The molecule has 9 heteroatoms. The highest BCUT2D eigenvalue weighted by Gasteiger charge is 2.21. The Morgan fingerprint density at radius 1 is 1.00 bits per heavy atom. The molecule has 0 saturated heterocycles. The van der Waals surface area contributed by atoms with Gasteiger partial charge in [-0.15, -0.1) is 0 Å². The number of hydrogen-bond acceptors (Lipinski definition) is 5. The zero-order valence-corrected chi connectivity index (χ0v) is 11.8. The Balaban J connectivity index is 4.24. The summed E-state index contributed by atoms with van der Waals surface area (Å²) in [4.78, 5) is 44.3. The summed E-state index contributed by atoms with van der Waals surface area (Å²) in [6.07, 6.45) is -0.361. The molecule has 0 fully saturated rings. The molecule has 21 heavy (non-hydrogen) atoms. The molecule has 9 nitrogen and oxygen atoms in total. The van der Waals surface area contributed by atoms with Crippen LogP contribution in [0.15, 0.2) is 0 Å². The van der Waals surface area contributed by atoms with E-state index in [9.17, 15) is 19.2 Å². The van der Waals surface area contributed by atoms with Crippen molar-refractivity contribution in [2.45, 2.75) is 44.7 Å². The van der Waals surface area contributed by atoms with Gasteiger partial charge in [0.2, 0.25) is 11.8 Å². The number of amides is 2. The van der Waals surface area contributed by atoms with Crippen molar-refractivity contribution in [1.82, 2.24) is 10.6 Å². The van der Waals surface area contributed by atoms with Gasteiger partial charge in [-0.2, -0.15) is 0 Å². The molecule has 0 bridgehead atoms. The number of nitrogens with one attached hydrogen (secondary N) is 2. The Morgan fingerprint density at radius 2 is 1.57 bits per heavy atom.